The first-order valence-corrected chi connectivity index (χ1v) is 7.03. The second kappa shape index (κ2) is 6.45. The largest absolute Gasteiger partial charge is 0.494 e. The van der Waals surface area contributed by atoms with Crippen molar-refractivity contribution in [3.05, 3.63) is 23.8 Å². The molecule has 104 valence electrons. The summed E-state index contributed by atoms with van der Waals surface area (Å²) in [5.74, 6) is 0.594. The molecular formula is C15H22N2O2. The molecule has 0 heterocycles. The van der Waals surface area contributed by atoms with E-state index in [1.807, 2.05) is 6.92 Å². The van der Waals surface area contributed by atoms with Crippen molar-refractivity contribution in [2.45, 2.75) is 45.1 Å². The van der Waals surface area contributed by atoms with Gasteiger partial charge in [-0.2, -0.15) is 0 Å². The predicted octanol–water partition coefficient (Wildman–Crippen LogP) is 2.73. The van der Waals surface area contributed by atoms with E-state index in [9.17, 15) is 4.79 Å². The number of nitrogens with one attached hydrogen (secondary N) is 1. The van der Waals surface area contributed by atoms with Gasteiger partial charge in [-0.3, -0.25) is 4.79 Å². The minimum atomic E-state index is -0.0554. The molecule has 1 saturated carbocycles. The third kappa shape index (κ3) is 3.88. The van der Waals surface area contributed by atoms with Gasteiger partial charge in [0.15, 0.2) is 0 Å². The van der Waals surface area contributed by atoms with Crippen molar-refractivity contribution < 1.29 is 9.53 Å². The quantitative estimate of drug-likeness (QED) is 0.820. The highest BCUT2D eigenvalue weighted by Crippen LogP contribution is 2.21. The molecule has 0 aromatic heterocycles. The Morgan fingerprint density at radius 2 is 2.05 bits per heavy atom. The number of anilines is 1. The minimum Gasteiger partial charge on any atom is -0.494 e. The standard InChI is InChI=1S/C15H22N2O2/c1-2-19-14-9-11(8-12(16)10-14)15(18)17-13-6-4-3-5-7-13/h8-10,13H,2-7,16H2,1H3,(H,17,18). The maximum absolute atomic E-state index is 12.2. The summed E-state index contributed by atoms with van der Waals surface area (Å²) in [4.78, 5) is 12.2. The lowest BCUT2D eigenvalue weighted by atomic mass is 9.95. The van der Waals surface area contributed by atoms with Gasteiger partial charge >= 0.3 is 0 Å². The summed E-state index contributed by atoms with van der Waals surface area (Å²) < 4.78 is 5.41. The SMILES string of the molecule is CCOc1cc(N)cc(C(=O)NC2CCCCC2)c1. The Hall–Kier alpha value is -1.71. The summed E-state index contributed by atoms with van der Waals surface area (Å²) in [7, 11) is 0. The second-order valence-corrected chi connectivity index (χ2v) is 5.03. The van der Waals surface area contributed by atoms with Crippen molar-refractivity contribution in [2.75, 3.05) is 12.3 Å². The van der Waals surface area contributed by atoms with E-state index in [-0.39, 0.29) is 5.91 Å². The van der Waals surface area contributed by atoms with Gasteiger partial charge in [0, 0.05) is 23.4 Å². The molecule has 1 fully saturated rings. The van der Waals surface area contributed by atoms with Crippen LogP contribution in [-0.4, -0.2) is 18.6 Å². The van der Waals surface area contributed by atoms with Crippen LogP contribution >= 0.6 is 0 Å². The topological polar surface area (TPSA) is 64.3 Å². The zero-order valence-corrected chi connectivity index (χ0v) is 11.4. The van der Waals surface area contributed by atoms with Gasteiger partial charge in [-0.1, -0.05) is 19.3 Å². The number of rotatable bonds is 4. The Balaban J connectivity index is 2.05. The second-order valence-electron chi connectivity index (χ2n) is 5.03. The average molecular weight is 262 g/mol. The molecule has 0 aliphatic heterocycles. The molecule has 4 nitrogen and oxygen atoms in total. The van der Waals surface area contributed by atoms with E-state index in [0.29, 0.717) is 29.6 Å². The molecule has 0 bridgehead atoms. The van der Waals surface area contributed by atoms with Gasteiger partial charge in [0.25, 0.3) is 5.91 Å². The fourth-order valence-electron chi connectivity index (χ4n) is 2.52. The fourth-order valence-corrected chi connectivity index (χ4v) is 2.52. The summed E-state index contributed by atoms with van der Waals surface area (Å²) in [5, 5.41) is 3.08. The van der Waals surface area contributed by atoms with E-state index in [4.69, 9.17) is 10.5 Å². The van der Waals surface area contributed by atoms with Crippen LogP contribution in [0.2, 0.25) is 0 Å². The van der Waals surface area contributed by atoms with Crippen LogP contribution in [0.4, 0.5) is 5.69 Å². The normalized spacial score (nSPS) is 16.1. The van der Waals surface area contributed by atoms with Crippen LogP contribution < -0.4 is 15.8 Å². The van der Waals surface area contributed by atoms with Crippen molar-refractivity contribution in [2.24, 2.45) is 0 Å². The number of carbonyl (C=O) groups is 1. The first-order chi connectivity index (χ1) is 9.19. The molecule has 0 radical (unpaired) electrons. The molecule has 1 aromatic carbocycles. The molecule has 1 amide bonds. The third-order valence-corrected chi connectivity index (χ3v) is 3.44. The molecule has 3 N–H and O–H groups in total. The van der Waals surface area contributed by atoms with E-state index in [2.05, 4.69) is 5.32 Å². The number of nitrogens with two attached hydrogens (primary N) is 1. The molecule has 19 heavy (non-hydrogen) atoms. The van der Waals surface area contributed by atoms with E-state index in [1.54, 1.807) is 18.2 Å². The molecule has 4 heteroatoms. The van der Waals surface area contributed by atoms with Crippen molar-refractivity contribution in [1.82, 2.24) is 5.32 Å². The monoisotopic (exact) mass is 262 g/mol. The Bertz CT molecular complexity index is 440. The lowest BCUT2D eigenvalue weighted by Crippen LogP contribution is -2.36. The minimum absolute atomic E-state index is 0.0554. The summed E-state index contributed by atoms with van der Waals surface area (Å²) in [5.41, 5.74) is 6.93. The van der Waals surface area contributed by atoms with Crippen LogP contribution in [0.15, 0.2) is 18.2 Å². The average Bonchev–Trinajstić information content (AvgIpc) is 2.39. The van der Waals surface area contributed by atoms with Crippen molar-refractivity contribution in [1.29, 1.82) is 0 Å². The maximum Gasteiger partial charge on any atom is 0.251 e. The smallest absolute Gasteiger partial charge is 0.251 e. The van der Waals surface area contributed by atoms with E-state index >= 15 is 0 Å². The first-order valence-electron chi connectivity index (χ1n) is 7.03. The number of amides is 1. The molecular weight excluding hydrogens is 240 g/mol. The number of hydrogen-bond donors (Lipinski definition) is 2. The molecule has 0 unspecified atom stereocenters. The molecule has 1 aromatic rings. The molecule has 2 rings (SSSR count). The van der Waals surface area contributed by atoms with Gasteiger partial charge in [0.05, 0.1) is 6.61 Å². The van der Waals surface area contributed by atoms with Gasteiger partial charge in [0.1, 0.15) is 5.75 Å². The summed E-state index contributed by atoms with van der Waals surface area (Å²) in [6.45, 7) is 2.47. The van der Waals surface area contributed by atoms with Gasteiger partial charge in [-0.15, -0.1) is 0 Å². The summed E-state index contributed by atoms with van der Waals surface area (Å²) in [6.07, 6.45) is 5.83. The number of carbonyl (C=O) groups excluding carboxylic acids is 1. The molecule has 0 spiro atoms. The first kappa shape index (κ1) is 13.7. The number of hydrogen-bond acceptors (Lipinski definition) is 3. The van der Waals surface area contributed by atoms with Crippen molar-refractivity contribution >= 4 is 11.6 Å². The summed E-state index contributed by atoms with van der Waals surface area (Å²) >= 11 is 0. The lowest BCUT2D eigenvalue weighted by Gasteiger charge is -2.22. The Kier molecular flexibility index (Phi) is 4.66. The lowest BCUT2D eigenvalue weighted by molar-refractivity contribution is 0.0927. The highest BCUT2D eigenvalue weighted by Gasteiger charge is 2.17. The fraction of sp³-hybridized carbons (Fsp3) is 0.533. The summed E-state index contributed by atoms with van der Waals surface area (Å²) in [6, 6.07) is 5.48. The zero-order valence-electron chi connectivity index (χ0n) is 11.4. The Morgan fingerprint density at radius 1 is 1.32 bits per heavy atom. The van der Waals surface area contributed by atoms with Gasteiger partial charge in [-0.05, 0) is 31.9 Å². The van der Waals surface area contributed by atoms with Gasteiger partial charge < -0.3 is 15.8 Å². The molecule has 0 saturated heterocycles. The van der Waals surface area contributed by atoms with E-state index in [0.717, 1.165) is 12.8 Å². The third-order valence-electron chi connectivity index (χ3n) is 3.44. The number of nitrogen functional groups attached to an aromatic ring is 1. The van der Waals surface area contributed by atoms with Crippen molar-refractivity contribution in [3.63, 3.8) is 0 Å². The van der Waals surface area contributed by atoms with Gasteiger partial charge in [0.2, 0.25) is 0 Å². The van der Waals surface area contributed by atoms with Crippen LogP contribution in [0.25, 0.3) is 0 Å². The zero-order chi connectivity index (χ0) is 13.7. The molecule has 1 aliphatic carbocycles. The maximum atomic E-state index is 12.2. The van der Waals surface area contributed by atoms with Crippen molar-refractivity contribution in [3.8, 4) is 5.75 Å². The molecule has 1 aliphatic rings. The van der Waals surface area contributed by atoms with E-state index < -0.39 is 0 Å². The van der Waals surface area contributed by atoms with Crippen LogP contribution in [0.3, 0.4) is 0 Å². The Morgan fingerprint density at radius 3 is 2.74 bits per heavy atom. The van der Waals surface area contributed by atoms with Crippen LogP contribution in [0, 0.1) is 0 Å². The molecule has 0 atom stereocenters. The van der Waals surface area contributed by atoms with Crippen LogP contribution in [0.1, 0.15) is 49.4 Å². The van der Waals surface area contributed by atoms with E-state index in [1.165, 1.54) is 19.3 Å². The number of benzene rings is 1. The number of ether oxygens (including phenoxy) is 1. The highest BCUT2D eigenvalue weighted by molar-refractivity contribution is 5.95. The predicted molar refractivity (Wildman–Crippen MR) is 76.4 cm³/mol. The van der Waals surface area contributed by atoms with Gasteiger partial charge in [-0.25, -0.2) is 0 Å². The van der Waals surface area contributed by atoms with Crippen LogP contribution in [0.5, 0.6) is 5.75 Å². The van der Waals surface area contributed by atoms with Crippen LogP contribution in [-0.2, 0) is 0 Å². The highest BCUT2D eigenvalue weighted by atomic mass is 16.5. The Labute approximate surface area is 114 Å².